The number of hydrogen-bond acceptors (Lipinski definition) is 1. The van der Waals surface area contributed by atoms with Crippen LogP contribution in [0.4, 0.5) is 0 Å². The van der Waals surface area contributed by atoms with Crippen molar-refractivity contribution in [3.8, 4) is 5.75 Å². The molecular weight excluding hydrogens is 191 g/mol. The number of hydrogen-bond donors (Lipinski definition) is 1. The molecule has 0 heterocycles. The highest BCUT2D eigenvalue weighted by molar-refractivity contribution is 7.37. The van der Waals surface area contributed by atoms with Crippen molar-refractivity contribution >= 4 is 8.58 Å². The maximum Gasteiger partial charge on any atom is 0.115 e. The van der Waals surface area contributed by atoms with Gasteiger partial charge in [0, 0.05) is 5.66 Å². The Morgan fingerprint density at radius 3 is 2.00 bits per heavy atom. The lowest BCUT2D eigenvalue weighted by Crippen LogP contribution is -2.14. The molecule has 1 nitrogen and oxygen atoms in total. The zero-order chi connectivity index (χ0) is 10.8. The van der Waals surface area contributed by atoms with Crippen LogP contribution in [0, 0.1) is 5.41 Å². The van der Waals surface area contributed by atoms with Crippen molar-refractivity contribution in [3.63, 3.8) is 0 Å². The van der Waals surface area contributed by atoms with E-state index in [0.717, 1.165) is 8.58 Å². The van der Waals surface area contributed by atoms with E-state index in [1.807, 2.05) is 12.1 Å². The van der Waals surface area contributed by atoms with Gasteiger partial charge in [-0.3, -0.25) is 0 Å². The van der Waals surface area contributed by atoms with Gasteiger partial charge in [-0.25, -0.2) is 0 Å². The molecule has 0 saturated heterocycles. The summed E-state index contributed by atoms with van der Waals surface area (Å²) in [5.74, 6) is 0.348. The van der Waals surface area contributed by atoms with E-state index in [-0.39, 0.29) is 0 Å². The van der Waals surface area contributed by atoms with Crippen LogP contribution in [0.2, 0.25) is 0 Å². The number of phenols is 1. The first-order valence-electron chi connectivity index (χ1n) is 4.91. The Bertz CT molecular complexity index is 284. The summed E-state index contributed by atoms with van der Waals surface area (Å²) in [6.07, 6.45) is 0. The van der Waals surface area contributed by atoms with E-state index < -0.39 is 0 Å². The lowest BCUT2D eigenvalue weighted by Gasteiger charge is -2.30. The molecule has 0 aliphatic rings. The standard InChI is InChI=1S/C12H19OP/c1-12(2,3)11(14-4)9-5-7-10(13)8-6-9/h5-8,11,13-14H,1-4H3. The molecule has 1 aromatic carbocycles. The molecule has 0 aromatic heterocycles. The lowest BCUT2D eigenvalue weighted by atomic mass is 9.87. The molecule has 78 valence electrons. The van der Waals surface area contributed by atoms with Crippen molar-refractivity contribution in [1.82, 2.24) is 0 Å². The average Bonchev–Trinajstić information content (AvgIpc) is 2.07. The largest absolute Gasteiger partial charge is 0.508 e. The third-order valence-corrected chi connectivity index (χ3v) is 4.16. The molecule has 0 aliphatic heterocycles. The van der Waals surface area contributed by atoms with Crippen LogP contribution in [-0.4, -0.2) is 11.8 Å². The average molecular weight is 210 g/mol. The Hall–Kier alpha value is -0.550. The van der Waals surface area contributed by atoms with E-state index in [9.17, 15) is 5.11 Å². The number of rotatable bonds is 2. The van der Waals surface area contributed by atoms with Crippen molar-refractivity contribution in [3.05, 3.63) is 29.8 Å². The fourth-order valence-electron chi connectivity index (χ4n) is 1.77. The molecule has 0 aliphatic carbocycles. The highest BCUT2D eigenvalue weighted by Crippen LogP contribution is 2.46. The zero-order valence-corrected chi connectivity index (χ0v) is 10.3. The first-order chi connectivity index (χ1) is 6.45. The molecule has 1 N–H and O–H groups in total. The maximum atomic E-state index is 9.22. The first kappa shape index (κ1) is 11.5. The molecular formula is C12H19OP. The first-order valence-corrected chi connectivity index (χ1v) is 6.49. The van der Waals surface area contributed by atoms with E-state index in [1.54, 1.807) is 12.1 Å². The van der Waals surface area contributed by atoms with E-state index in [0.29, 0.717) is 16.8 Å². The smallest absolute Gasteiger partial charge is 0.115 e. The summed E-state index contributed by atoms with van der Waals surface area (Å²) < 4.78 is 0. The Balaban J connectivity index is 2.96. The summed E-state index contributed by atoms with van der Waals surface area (Å²) >= 11 is 0. The van der Waals surface area contributed by atoms with Crippen molar-refractivity contribution < 1.29 is 5.11 Å². The predicted molar refractivity (Wildman–Crippen MR) is 64.5 cm³/mol. The fraction of sp³-hybridized carbons (Fsp3) is 0.500. The topological polar surface area (TPSA) is 20.2 Å². The van der Waals surface area contributed by atoms with Crippen LogP contribution in [0.15, 0.2) is 24.3 Å². The normalized spacial score (nSPS) is 14.9. The minimum absolute atomic E-state index is 0.296. The predicted octanol–water partition coefficient (Wildman–Crippen LogP) is 3.79. The fourth-order valence-corrected chi connectivity index (χ4v) is 3.16. The van der Waals surface area contributed by atoms with Crippen LogP contribution < -0.4 is 0 Å². The van der Waals surface area contributed by atoms with Crippen LogP contribution >= 0.6 is 8.58 Å². The SMILES string of the molecule is CPC(c1ccc(O)cc1)C(C)(C)C. The summed E-state index contributed by atoms with van der Waals surface area (Å²) in [4.78, 5) is 0. The molecule has 14 heavy (non-hydrogen) atoms. The van der Waals surface area contributed by atoms with Gasteiger partial charge in [-0.05, 0) is 29.8 Å². The summed E-state index contributed by atoms with van der Waals surface area (Å²) in [7, 11) is 0.893. The lowest BCUT2D eigenvalue weighted by molar-refractivity contribution is 0.398. The highest BCUT2D eigenvalue weighted by atomic mass is 31.1. The van der Waals surface area contributed by atoms with Gasteiger partial charge in [0.25, 0.3) is 0 Å². The second kappa shape index (κ2) is 4.31. The molecule has 0 bridgehead atoms. The van der Waals surface area contributed by atoms with Crippen LogP contribution in [0.5, 0.6) is 5.75 Å². The van der Waals surface area contributed by atoms with Gasteiger partial charge in [0.1, 0.15) is 5.75 Å². The number of benzene rings is 1. The summed E-state index contributed by atoms with van der Waals surface area (Å²) in [5, 5.41) is 9.22. The van der Waals surface area contributed by atoms with Gasteiger partial charge < -0.3 is 5.11 Å². The Morgan fingerprint density at radius 2 is 1.64 bits per heavy atom. The molecule has 1 aromatic rings. The van der Waals surface area contributed by atoms with E-state index >= 15 is 0 Å². The second-order valence-electron chi connectivity index (χ2n) is 4.68. The minimum atomic E-state index is 0.296. The van der Waals surface area contributed by atoms with E-state index in [2.05, 4.69) is 27.4 Å². The van der Waals surface area contributed by atoms with Gasteiger partial charge in [-0.1, -0.05) is 32.9 Å². The zero-order valence-electron chi connectivity index (χ0n) is 9.33. The van der Waals surface area contributed by atoms with E-state index in [1.165, 1.54) is 5.56 Å². The monoisotopic (exact) mass is 210 g/mol. The second-order valence-corrected chi connectivity index (χ2v) is 5.83. The molecule has 1 rings (SSSR count). The highest BCUT2D eigenvalue weighted by Gasteiger charge is 2.24. The molecule has 0 saturated carbocycles. The third kappa shape index (κ3) is 2.72. The molecule has 0 amide bonds. The van der Waals surface area contributed by atoms with E-state index in [4.69, 9.17) is 0 Å². The maximum absolute atomic E-state index is 9.22. The molecule has 0 fully saturated rings. The summed E-state index contributed by atoms with van der Waals surface area (Å²) in [6.45, 7) is 9.03. The Morgan fingerprint density at radius 1 is 1.14 bits per heavy atom. The minimum Gasteiger partial charge on any atom is -0.508 e. The van der Waals surface area contributed by atoms with Crippen LogP contribution in [0.3, 0.4) is 0 Å². The summed E-state index contributed by atoms with van der Waals surface area (Å²) in [5.41, 5.74) is 2.21. The molecule has 0 spiro atoms. The number of aromatic hydroxyl groups is 1. The van der Waals surface area contributed by atoms with Crippen LogP contribution in [0.25, 0.3) is 0 Å². The molecule has 2 unspecified atom stereocenters. The van der Waals surface area contributed by atoms with Gasteiger partial charge >= 0.3 is 0 Å². The number of phenolic OH excluding ortho intramolecular Hbond substituents is 1. The summed E-state index contributed by atoms with van der Waals surface area (Å²) in [6, 6.07) is 7.60. The molecule has 2 atom stereocenters. The van der Waals surface area contributed by atoms with Gasteiger partial charge in [0.2, 0.25) is 0 Å². The Kier molecular flexibility index (Phi) is 3.55. The quantitative estimate of drug-likeness (QED) is 0.736. The van der Waals surface area contributed by atoms with Crippen molar-refractivity contribution in [1.29, 1.82) is 0 Å². The van der Waals surface area contributed by atoms with Gasteiger partial charge in [0.15, 0.2) is 0 Å². The van der Waals surface area contributed by atoms with Gasteiger partial charge in [0.05, 0.1) is 0 Å². The Labute approximate surface area is 88.3 Å². The van der Waals surface area contributed by atoms with Crippen molar-refractivity contribution in [2.24, 2.45) is 5.41 Å². The van der Waals surface area contributed by atoms with Crippen molar-refractivity contribution in [2.75, 3.05) is 6.66 Å². The van der Waals surface area contributed by atoms with Gasteiger partial charge in [-0.15, -0.1) is 8.58 Å². The molecule has 2 heteroatoms. The molecule has 0 radical (unpaired) electrons. The third-order valence-electron chi connectivity index (χ3n) is 2.38. The van der Waals surface area contributed by atoms with Crippen LogP contribution in [-0.2, 0) is 0 Å². The van der Waals surface area contributed by atoms with Gasteiger partial charge in [-0.2, -0.15) is 0 Å². The van der Waals surface area contributed by atoms with Crippen molar-refractivity contribution in [2.45, 2.75) is 26.4 Å². The van der Waals surface area contributed by atoms with Crippen LogP contribution in [0.1, 0.15) is 32.0 Å².